The summed E-state index contributed by atoms with van der Waals surface area (Å²) >= 11 is 0. The number of benzene rings is 8. The predicted molar refractivity (Wildman–Crippen MR) is 263 cm³/mol. The van der Waals surface area contributed by atoms with Crippen molar-refractivity contribution >= 4 is 81.5 Å². The van der Waals surface area contributed by atoms with E-state index in [2.05, 4.69) is 157 Å². The highest BCUT2D eigenvalue weighted by Crippen LogP contribution is 2.38. The Labute approximate surface area is 388 Å². The quantitative estimate of drug-likeness (QED) is 0.0856. The minimum Gasteiger partial charge on any atom is -0.394 e. The second-order valence-electron chi connectivity index (χ2n) is 17.9. The maximum Gasteiger partial charge on any atom is 0.148 e. The molecule has 8 aromatic carbocycles. The van der Waals surface area contributed by atoms with Crippen molar-refractivity contribution in [2.45, 2.75) is 51.0 Å². The molecule has 1 saturated heterocycles. The van der Waals surface area contributed by atoms with Crippen LogP contribution in [-0.4, -0.2) is 85.0 Å². The highest BCUT2D eigenvalue weighted by atomic mass is 16.5. The number of ether oxygens (including phenoxy) is 1. The Morgan fingerprint density at radius 3 is 1.72 bits per heavy atom. The van der Waals surface area contributed by atoms with Crippen molar-refractivity contribution in [2.75, 3.05) is 18.9 Å². The molecule has 5 heterocycles. The fraction of sp³-hybridized carbons (Fsp3) is 0.185. The van der Waals surface area contributed by atoms with E-state index < -0.39 is 18.4 Å². The van der Waals surface area contributed by atoms with Gasteiger partial charge in [0.05, 0.1) is 67.1 Å². The van der Waals surface area contributed by atoms with Gasteiger partial charge in [-0.25, -0.2) is 19.3 Å². The monoisotopic (exact) mass is 893 g/mol. The summed E-state index contributed by atoms with van der Waals surface area (Å²) in [6.45, 7) is 2.06. The van der Waals surface area contributed by atoms with Crippen LogP contribution < -0.4 is 5.73 Å². The van der Waals surface area contributed by atoms with Gasteiger partial charge in [0.25, 0.3) is 0 Å². The van der Waals surface area contributed by atoms with Crippen LogP contribution in [0.4, 0.5) is 5.82 Å². The standard InChI is InChI=1S/C54H43N11O3/c55-53-52-40(25-65(54(52)57-31-56-53)47-22-45(67)46(30-66)68-47)8-3-21-62(26-41-28-63(60-58-41)23-38-15-13-36-11-9-32-4-1-6-34-17-19-43(38)50(36)48(32)34)27-42-29-64(61-59-42)24-39-16-14-37-12-10-33-5-2-7-35-18-20-44(39)51(37)49(33)35/h1-2,4-7,9-20,25,28-29,31,45-47,66-67H,21-24,26-27,30H2,(H2,55,56,57)/t45-,46+,47+/m0/s1. The molecule has 68 heavy (non-hydrogen) atoms. The number of hydrogen-bond acceptors (Lipinski definition) is 11. The first kappa shape index (κ1) is 40.2. The molecule has 0 radical (unpaired) electrons. The van der Waals surface area contributed by atoms with Crippen LogP contribution in [0, 0.1) is 11.8 Å². The molecule has 4 N–H and O–H groups in total. The summed E-state index contributed by atoms with van der Waals surface area (Å²) in [7, 11) is 0. The van der Waals surface area contributed by atoms with E-state index in [-0.39, 0.29) is 18.8 Å². The van der Waals surface area contributed by atoms with Crippen LogP contribution in [0.15, 0.2) is 134 Å². The van der Waals surface area contributed by atoms with Gasteiger partial charge in [-0.05, 0) is 75.8 Å². The van der Waals surface area contributed by atoms with Crippen LogP contribution in [-0.2, 0) is 30.9 Å². The van der Waals surface area contributed by atoms with Crippen molar-refractivity contribution in [1.82, 2.24) is 49.4 Å². The summed E-state index contributed by atoms with van der Waals surface area (Å²) in [6, 6.07) is 39.4. The molecule has 14 heteroatoms. The van der Waals surface area contributed by atoms with Gasteiger partial charge < -0.3 is 25.3 Å². The molecule has 0 unspecified atom stereocenters. The fourth-order valence-electron chi connectivity index (χ4n) is 10.5. The Kier molecular flexibility index (Phi) is 9.51. The Bertz CT molecular complexity index is 3720. The predicted octanol–water partition coefficient (Wildman–Crippen LogP) is 7.78. The Morgan fingerprint density at radius 2 is 1.18 bits per heavy atom. The van der Waals surface area contributed by atoms with E-state index >= 15 is 0 Å². The molecule has 0 aliphatic carbocycles. The van der Waals surface area contributed by atoms with Gasteiger partial charge in [-0.3, -0.25) is 4.90 Å². The molecular formula is C54H43N11O3. The number of aliphatic hydroxyl groups excluding tert-OH is 2. The molecule has 0 bridgehead atoms. The van der Waals surface area contributed by atoms with Gasteiger partial charge >= 0.3 is 0 Å². The van der Waals surface area contributed by atoms with Crippen molar-refractivity contribution < 1.29 is 14.9 Å². The summed E-state index contributed by atoms with van der Waals surface area (Å²) in [5.74, 6) is 7.01. The van der Waals surface area contributed by atoms with Crippen LogP contribution in [0.2, 0.25) is 0 Å². The molecule has 0 amide bonds. The van der Waals surface area contributed by atoms with E-state index in [1.165, 1.54) is 82.1 Å². The van der Waals surface area contributed by atoms with Crippen molar-refractivity contribution in [3.8, 4) is 11.8 Å². The highest BCUT2D eigenvalue weighted by Gasteiger charge is 2.35. The lowest BCUT2D eigenvalue weighted by molar-refractivity contribution is -0.0430. The van der Waals surface area contributed by atoms with E-state index in [0.717, 1.165) is 11.4 Å². The molecule has 1 aliphatic heterocycles. The number of hydrogen-bond donors (Lipinski definition) is 3. The summed E-state index contributed by atoms with van der Waals surface area (Å²) in [4.78, 5) is 10.9. The minimum absolute atomic E-state index is 0.286. The smallest absolute Gasteiger partial charge is 0.148 e. The molecule has 4 aromatic heterocycles. The molecule has 13 rings (SSSR count). The highest BCUT2D eigenvalue weighted by molar-refractivity contribution is 6.24. The largest absolute Gasteiger partial charge is 0.394 e. The van der Waals surface area contributed by atoms with E-state index in [9.17, 15) is 10.2 Å². The van der Waals surface area contributed by atoms with E-state index in [1.807, 2.05) is 32.5 Å². The van der Waals surface area contributed by atoms with Crippen LogP contribution >= 0.6 is 0 Å². The summed E-state index contributed by atoms with van der Waals surface area (Å²) in [5, 5.41) is 54.4. The number of nitrogens with zero attached hydrogens (tertiary/aromatic N) is 10. The number of nitrogens with two attached hydrogens (primary N) is 1. The maximum absolute atomic E-state index is 10.5. The Balaban J connectivity index is 0.803. The lowest BCUT2D eigenvalue weighted by Crippen LogP contribution is -2.24. The lowest BCUT2D eigenvalue weighted by Gasteiger charge is -2.16. The zero-order valence-corrected chi connectivity index (χ0v) is 36.7. The number of rotatable bonds is 11. The van der Waals surface area contributed by atoms with E-state index in [4.69, 9.17) is 10.5 Å². The SMILES string of the molecule is Nc1ncnc2c1c(C#CCN(Cc1cn(Cc3ccc4ccc5cccc6ccc3c4c56)nn1)Cc1cn(Cc3ccc4ccc5cccc6ccc3c4c56)nn1)cn2[C@H]1C[C@H](O)[C@@H](CO)O1. The Morgan fingerprint density at radius 1 is 0.647 bits per heavy atom. The van der Waals surface area contributed by atoms with Gasteiger partial charge in [0.15, 0.2) is 0 Å². The second kappa shape index (κ2) is 16.1. The Hall–Kier alpha value is -8.06. The van der Waals surface area contributed by atoms with Crippen LogP contribution in [0.5, 0.6) is 0 Å². The van der Waals surface area contributed by atoms with Crippen molar-refractivity contribution in [1.29, 1.82) is 0 Å². The second-order valence-corrected chi connectivity index (χ2v) is 17.9. The zero-order chi connectivity index (χ0) is 45.5. The number of nitrogen functional groups attached to an aromatic ring is 1. The van der Waals surface area contributed by atoms with Crippen LogP contribution in [0.3, 0.4) is 0 Å². The first-order chi connectivity index (χ1) is 33.4. The van der Waals surface area contributed by atoms with Crippen LogP contribution in [0.25, 0.3) is 75.7 Å². The first-order valence-electron chi connectivity index (χ1n) is 22.8. The topological polar surface area (TPSA) is 171 Å². The van der Waals surface area contributed by atoms with Gasteiger partial charge in [0, 0.05) is 25.7 Å². The fourth-order valence-corrected chi connectivity index (χ4v) is 10.5. The van der Waals surface area contributed by atoms with E-state index in [0.29, 0.717) is 49.3 Å². The third kappa shape index (κ3) is 6.82. The number of aromatic nitrogens is 9. The third-order valence-corrected chi connectivity index (χ3v) is 13.7. The molecule has 3 atom stereocenters. The number of aliphatic hydroxyl groups is 2. The van der Waals surface area contributed by atoms with Crippen molar-refractivity contribution in [2.24, 2.45) is 0 Å². The average molecular weight is 894 g/mol. The number of anilines is 1. The third-order valence-electron chi connectivity index (χ3n) is 13.7. The molecule has 1 aliphatic rings. The minimum atomic E-state index is -0.817. The van der Waals surface area contributed by atoms with Crippen LogP contribution in [0.1, 0.15) is 40.7 Å². The lowest BCUT2D eigenvalue weighted by atomic mass is 9.92. The average Bonchev–Trinajstić information content (AvgIpc) is 4.18. The van der Waals surface area contributed by atoms with E-state index in [1.54, 1.807) is 0 Å². The molecule has 0 spiro atoms. The molecule has 12 aromatic rings. The molecule has 0 saturated carbocycles. The van der Waals surface area contributed by atoms with Gasteiger partial charge in [0.2, 0.25) is 0 Å². The number of fused-ring (bicyclic) bond motifs is 1. The normalized spacial score (nSPS) is 16.5. The first-order valence-corrected chi connectivity index (χ1v) is 22.8. The summed E-state index contributed by atoms with van der Waals surface area (Å²) in [6.07, 6.45) is 5.46. The maximum atomic E-state index is 10.5. The van der Waals surface area contributed by atoms with Gasteiger partial charge in [-0.2, -0.15) is 0 Å². The summed E-state index contributed by atoms with van der Waals surface area (Å²) in [5.41, 5.74) is 11.5. The van der Waals surface area contributed by atoms with Crippen molar-refractivity contribution in [3.63, 3.8) is 0 Å². The molecule has 1 fully saturated rings. The molecular weight excluding hydrogens is 851 g/mol. The molecule has 14 nitrogen and oxygen atoms in total. The van der Waals surface area contributed by atoms with Gasteiger partial charge in [-0.1, -0.05) is 131 Å². The zero-order valence-electron chi connectivity index (χ0n) is 36.7. The van der Waals surface area contributed by atoms with Crippen molar-refractivity contribution in [3.05, 3.63) is 162 Å². The summed E-state index contributed by atoms with van der Waals surface area (Å²) < 4.78 is 11.6. The molecule has 332 valence electrons. The van der Waals surface area contributed by atoms with Gasteiger partial charge in [0.1, 0.15) is 30.1 Å². The van der Waals surface area contributed by atoms with Gasteiger partial charge in [-0.15, -0.1) is 10.2 Å².